The van der Waals surface area contributed by atoms with E-state index in [-0.39, 0.29) is 5.84 Å². The number of oxime groups is 1. The Morgan fingerprint density at radius 3 is 2.53 bits per heavy atom. The maximum absolute atomic E-state index is 8.82. The third-order valence-electron chi connectivity index (χ3n) is 2.66. The van der Waals surface area contributed by atoms with Gasteiger partial charge in [0.2, 0.25) is 0 Å². The second-order valence-corrected chi connectivity index (χ2v) is 3.85. The summed E-state index contributed by atoms with van der Waals surface area (Å²) in [4.78, 5) is 6.10. The number of amidine groups is 1. The number of ether oxygens (including phenoxy) is 2. The Balaban J connectivity index is 2.99. The third kappa shape index (κ3) is 4.38. The maximum Gasteiger partial charge on any atom is 0.172 e. The molecule has 0 saturated heterocycles. The van der Waals surface area contributed by atoms with Crippen molar-refractivity contribution in [3.63, 3.8) is 0 Å². The molecule has 7 heteroatoms. The molecule has 3 N–H and O–H groups in total. The maximum atomic E-state index is 8.82. The zero-order valence-corrected chi connectivity index (χ0v) is 11.2. The van der Waals surface area contributed by atoms with Crippen LogP contribution < -0.4 is 10.6 Å². The second kappa shape index (κ2) is 8.28. The van der Waals surface area contributed by atoms with Crippen molar-refractivity contribution in [2.45, 2.75) is 0 Å². The molecule has 0 bridgehead atoms. The van der Waals surface area contributed by atoms with Crippen LogP contribution in [0.4, 0.5) is 5.69 Å². The van der Waals surface area contributed by atoms with E-state index >= 15 is 0 Å². The lowest BCUT2D eigenvalue weighted by Crippen LogP contribution is -2.32. The Morgan fingerprint density at radius 2 is 2.00 bits per heavy atom. The molecule has 19 heavy (non-hydrogen) atoms. The van der Waals surface area contributed by atoms with Crippen LogP contribution in [0, 0.1) is 0 Å². The molecule has 0 amide bonds. The number of rotatable bonds is 8. The van der Waals surface area contributed by atoms with E-state index in [9.17, 15) is 0 Å². The molecule has 0 atom stereocenters. The lowest BCUT2D eigenvalue weighted by molar-refractivity contribution is 0.190. The molecule has 0 saturated carbocycles. The van der Waals surface area contributed by atoms with Gasteiger partial charge in [-0.15, -0.1) is 0 Å². The summed E-state index contributed by atoms with van der Waals surface area (Å²) in [5.41, 5.74) is 7.09. The molecule has 1 aromatic rings. The standard InChI is InChI=1S/C12H20N4O3/c1-18-7-5-16(6-8-19-2)11-9-14-4-3-10(11)12(13)15-17/h3-4,9,17H,5-8H2,1-2H3,(H2,13,15). The number of nitrogens with two attached hydrogens (primary N) is 1. The first-order valence-electron chi connectivity index (χ1n) is 5.89. The van der Waals surface area contributed by atoms with Gasteiger partial charge in [-0.25, -0.2) is 0 Å². The van der Waals surface area contributed by atoms with Gasteiger partial charge in [0.25, 0.3) is 0 Å². The Hall–Kier alpha value is -1.86. The number of hydrogen-bond acceptors (Lipinski definition) is 6. The highest BCUT2D eigenvalue weighted by atomic mass is 16.5. The average Bonchev–Trinajstić information content (AvgIpc) is 2.47. The molecule has 1 aromatic heterocycles. The average molecular weight is 268 g/mol. The highest BCUT2D eigenvalue weighted by Crippen LogP contribution is 2.18. The van der Waals surface area contributed by atoms with Gasteiger partial charge in [0, 0.05) is 39.1 Å². The molecule has 0 aliphatic rings. The van der Waals surface area contributed by atoms with Crippen LogP contribution in [0.5, 0.6) is 0 Å². The second-order valence-electron chi connectivity index (χ2n) is 3.85. The molecule has 0 aromatic carbocycles. The fourth-order valence-corrected chi connectivity index (χ4v) is 1.66. The predicted molar refractivity (Wildman–Crippen MR) is 72.7 cm³/mol. The summed E-state index contributed by atoms with van der Waals surface area (Å²) in [5.74, 6) is 0.0530. The zero-order chi connectivity index (χ0) is 14.1. The Kier molecular flexibility index (Phi) is 6.62. The zero-order valence-electron chi connectivity index (χ0n) is 11.2. The van der Waals surface area contributed by atoms with Crippen molar-refractivity contribution in [3.05, 3.63) is 24.0 Å². The van der Waals surface area contributed by atoms with Crippen LogP contribution >= 0.6 is 0 Å². The number of methoxy groups -OCH3 is 2. The fourth-order valence-electron chi connectivity index (χ4n) is 1.66. The molecular weight excluding hydrogens is 248 g/mol. The molecule has 0 fully saturated rings. The normalized spacial score (nSPS) is 11.6. The smallest absolute Gasteiger partial charge is 0.172 e. The fraction of sp³-hybridized carbons (Fsp3) is 0.500. The summed E-state index contributed by atoms with van der Waals surface area (Å²) in [6, 6.07) is 1.71. The molecule has 7 nitrogen and oxygen atoms in total. The minimum atomic E-state index is 0.0530. The van der Waals surface area contributed by atoms with Crippen LogP contribution in [-0.4, -0.2) is 56.5 Å². The van der Waals surface area contributed by atoms with Crippen LogP contribution in [0.15, 0.2) is 23.6 Å². The van der Waals surface area contributed by atoms with E-state index in [0.717, 1.165) is 5.69 Å². The van der Waals surface area contributed by atoms with E-state index in [4.69, 9.17) is 20.4 Å². The first kappa shape index (κ1) is 15.2. The van der Waals surface area contributed by atoms with E-state index in [1.807, 2.05) is 4.90 Å². The van der Waals surface area contributed by atoms with Crippen LogP contribution in [0.3, 0.4) is 0 Å². The van der Waals surface area contributed by atoms with E-state index in [1.165, 1.54) is 0 Å². The molecule has 0 spiro atoms. The number of hydrogen-bond donors (Lipinski definition) is 2. The van der Waals surface area contributed by atoms with Crippen molar-refractivity contribution < 1.29 is 14.7 Å². The number of anilines is 1. The highest BCUT2D eigenvalue weighted by Gasteiger charge is 2.14. The van der Waals surface area contributed by atoms with E-state index in [1.54, 1.807) is 32.7 Å². The van der Waals surface area contributed by atoms with Crippen molar-refractivity contribution in [3.8, 4) is 0 Å². The van der Waals surface area contributed by atoms with Gasteiger partial charge in [0.05, 0.1) is 25.1 Å². The molecule has 0 aliphatic heterocycles. The van der Waals surface area contributed by atoms with E-state index in [2.05, 4.69) is 10.1 Å². The van der Waals surface area contributed by atoms with Gasteiger partial charge in [-0.3, -0.25) is 4.98 Å². The van der Waals surface area contributed by atoms with Crippen molar-refractivity contribution in [1.29, 1.82) is 0 Å². The molecule has 0 unspecified atom stereocenters. The number of aromatic nitrogens is 1. The third-order valence-corrected chi connectivity index (χ3v) is 2.66. The van der Waals surface area contributed by atoms with Crippen LogP contribution in [-0.2, 0) is 9.47 Å². The molecule has 0 radical (unpaired) electrons. The first-order valence-corrected chi connectivity index (χ1v) is 5.89. The molecule has 0 aliphatic carbocycles. The number of pyridine rings is 1. The largest absolute Gasteiger partial charge is 0.409 e. The lowest BCUT2D eigenvalue weighted by atomic mass is 10.2. The molecule has 106 valence electrons. The topological polar surface area (TPSA) is 93.2 Å². The number of nitrogens with zero attached hydrogens (tertiary/aromatic N) is 3. The predicted octanol–water partition coefficient (Wildman–Crippen LogP) is 0.275. The van der Waals surface area contributed by atoms with E-state index in [0.29, 0.717) is 31.9 Å². The SMILES string of the molecule is COCCN(CCOC)c1cnccc1/C(N)=N/O. The monoisotopic (exact) mass is 268 g/mol. The minimum Gasteiger partial charge on any atom is -0.409 e. The van der Waals surface area contributed by atoms with Gasteiger partial charge in [0.15, 0.2) is 5.84 Å². The van der Waals surface area contributed by atoms with Crippen molar-refractivity contribution >= 4 is 11.5 Å². The van der Waals surface area contributed by atoms with Crippen molar-refractivity contribution in [1.82, 2.24) is 4.98 Å². The van der Waals surface area contributed by atoms with Gasteiger partial charge in [-0.05, 0) is 6.07 Å². The van der Waals surface area contributed by atoms with Gasteiger partial charge >= 0.3 is 0 Å². The van der Waals surface area contributed by atoms with Gasteiger partial charge in [-0.2, -0.15) is 0 Å². The highest BCUT2D eigenvalue weighted by molar-refractivity contribution is 6.02. The minimum absolute atomic E-state index is 0.0530. The van der Waals surface area contributed by atoms with Crippen LogP contribution in [0.1, 0.15) is 5.56 Å². The summed E-state index contributed by atoms with van der Waals surface area (Å²) in [6.45, 7) is 2.46. The Labute approximate surface area is 112 Å². The van der Waals surface area contributed by atoms with Gasteiger partial charge in [0.1, 0.15) is 0 Å². The lowest BCUT2D eigenvalue weighted by Gasteiger charge is -2.25. The Morgan fingerprint density at radius 1 is 1.37 bits per heavy atom. The molecule has 1 rings (SSSR count). The van der Waals surface area contributed by atoms with Crippen LogP contribution in [0.25, 0.3) is 0 Å². The Bertz CT molecular complexity index is 404. The van der Waals surface area contributed by atoms with Crippen LogP contribution in [0.2, 0.25) is 0 Å². The van der Waals surface area contributed by atoms with E-state index < -0.39 is 0 Å². The quantitative estimate of drug-likeness (QED) is 0.304. The van der Waals surface area contributed by atoms with Gasteiger partial charge < -0.3 is 25.3 Å². The molecule has 1 heterocycles. The summed E-state index contributed by atoms with van der Waals surface area (Å²) in [6.07, 6.45) is 3.28. The van der Waals surface area contributed by atoms with Gasteiger partial charge in [-0.1, -0.05) is 5.16 Å². The van der Waals surface area contributed by atoms with Crippen molar-refractivity contribution in [2.24, 2.45) is 10.9 Å². The molecular formula is C12H20N4O3. The summed E-state index contributed by atoms with van der Waals surface area (Å²) in [7, 11) is 3.28. The first-order chi connectivity index (χ1) is 9.24. The van der Waals surface area contributed by atoms with Crippen molar-refractivity contribution in [2.75, 3.05) is 45.4 Å². The summed E-state index contributed by atoms with van der Waals surface area (Å²) in [5, 5.41) is 11.9. The summed E-state index contributed by atoms with van der Waals surface area (Å²) < 4.78 is 10.2. The summed E-state index contributed by atoms with van der Waals surface area (Å²) >= 11 is 0.